The summed E-state index contributed by atoms with van der Waals surface area (Å²) in [5.41, 5.74) is 0. The van der Waals surface area contributed by atoms with Gasteiger partial charge in [-0.15, -0.1) is 0 Å². The highest BCUT2D eigenvalue weighted by Crippen LogP contribution is 2.27. The van der Waals surface area contributed by atoms with Crippen LogP contribution in [0, 0.1) is 0 Å². The minimum Gasteiger partial charge on any atom is -0.394 e. The van der Waals surface area contributed by atoms with E-state index in [1.165, 1.54) is 0 Å². The normalized spacial score (nSPS) is 43.6. The van der Waals surface area contributed by atoms with Crippen LogP contribution in [-0.4, -0.2) is 177 Å². The number of carbonyl (C=O) groups excluding carboxylic acids is 1. The van der Waals surface area contributed by atoms with Gasteiger partial charge in [0, 0.05) is 0 Å². The summed E-state index contributed by atoms with van der Waals surface area (Å²) in [7, 11) is 0. The molecular weight excluding hydrogens is 472 g/mol. The van der Waals surface area contributed by atoms with Gasteiger partial charge in [0.05, 0.1) is 13.2 Å². The van der Waals surface area contributed by atoms with Crippen molar-refractivity contribution in [2.24, 2.45) is 0 Å². The van der Waals surface area contributed by atoms with Crippen LogP contribution >= 0.6 is 0 Å². The molecule has 200 valence electrons. The molecule has 16 heteroatoms. The average molecular weight is 504 g/mol. The van der Waals surface area contributed by atoms with Crippen LogP contribution in [0.3, 0.4) is 0 Å². The Labute approximate surface area is 192 Å². The SMILES string of the molecule is O=C(C1O[C@H](CO)[C@@H](O)[C@H](O)[C@H]1O)[C@H](O)[C@@H](O)[C@H](O)[C@H](O)C(O)[C@H]1O[C@H](CO)[C@@H](O)[C@H](O)[C@H]1O. The molecule has 2 fully saturated rings. The van der Waals surface area contributed by atoms with Gasteiger partial charge in [0.25, 0.3) is 0 Å². The van der Waals surface area contributed by atoms with Gasteiger partial charge in [0.1, 0.15) is 91.6 Å². The molecule has 15 atom stereocenters. The molecule has 0 amide bonds. The molecule has 0 aromatic heterocycles. The van der Waals surface area contributed by atoms with E-state index in [0.29, 0.717) is 0 Å². The predicted octanol–water partition coefficient (Wildman–Crippen LogP) is -8.96. The van der Waals surface area contributed by atoms with Crippen LogP contribution in [0.25, 0.3) is 0 Å². The van der Waals surface area contributed by atoms with E-state index in [0.717, 1.165) is 0 Å². The quantitative estimate of drug-likeness (QED) is 0.139. The fourth-order valence-corrected chi connectivity index (χ4v) is 3.87. The van der Waals surface area contributed by atoms with Gasteiger partial charge in [-0.2, -0.15) is 0 Å². The molecule has 2 rings (SSSR count). The van der Waals surface area contributed by atoms with Crippen molar-refractivity contribution in [3.05, 3.63) is 0 Å². The summed E-state index contributed by atoms with van der Waals surface area (Å²) in [5, 5.41) is 128. The lowest BCUT2D eigenvalue weighted by Gasteiger charge is -2.43. The van der Waals surface area contributed by atoms with Gasteiger partial charge in [-0.25, -0.2) is 0 Å². The molecule has 0 radical (unpaired) electrons. The first-order valence-corrected chi connectivity index (χ1v) is 10.3. The maximum atomic E-state index is 12.5. The maximum absolute atomic E-state index is 12.5. The van der Waals surface area contributed by atoms with Crippen molar-refractivity contribution >= 4 is 5.78 Å². The molecule has 0 bridgehead atoms. The lowest BCUT2D eigenvalue weighted by atomic mass is 9.86. The molecule has 2 saturated heterocycles. The predicted molar refractivity (Wildman–Crippen MR) is 103 cm³/mol. The van der Waals surface area contributed by atoms with E-state index < -0.39 is 111 Å². The number of aliphatic hydroxyl groups is 13. The van der Waals surface area contributed by atoms with E-state index in [1.54, 1.807) is 0 Å². The lowest BCUT2D eigenvalue weighted by molar-refractivity contribution is -0.264. The number of hydrogen-bond donors (Lipinski definition) is 13. The summed E-state index contributed by atoms with van der Waals surface area (Å²) in [4.78, 5) is 12.5. The first-order chi connectivity index (χ1) is 15.8. The van der Waals surface area contributed by atoms with Crippen LogP contribution in [0.5, 0.6) is 0 Å². The number of Topliss-reactive ketones (excluding diaryl/α,β-unsaturated/α-hetero) is 1. The van der Waals surface area contributed by atoms with Gasteiger partial charge in [-0.05, 0) is 0 Å². The monoisotopic (exact) mass is 504 g/mol. The summed E-state index contributed by atoms with van der Waals surface area (Å²) in [6.45, 7) is -1.75. The summed E-state index contributed by atoms with van der Waals surface area (Å²) in [5.74, 6) is -1.52. The van der Waals surface area contributed by atoms with Crippen LogP contribution < -0.4 is 0 Å². The summed E-state index contributed by atoms with van der Waals surface area (Å²) < 4.78 is 9.99. The molecule has 2 heterocycles. The Bertz CT molecular complexity index is 662. The standard InChI is InChI=1S/C18H32O16/c19-1-3-5(21)7(23)13(29)17(33-3)15(31)11(27)9(25)10(26)12(28)16(32)18-14(30)8(24)6(22)4(2-20)34-18/h3-15,17-31H,1-2H2/t3-,4-,5-,6-,7+,8+,9+,10+,11+,12-,13-,14-,15?,17+,18?/m1/s1. The van der Waals surface area contributed by atoms with Crippen LogP contribution in [0.15, 0.2) is 0 Å². The third-order valence-corrected chi connectivity index (χ3v) is 6.10. The molecule has 13 N–H and O–H groups in total. The van der Waals surface area contributed by atoms with Crippen molar-refractivity contribution in [2.75, 3.05) is 13.2 Å². The molecule has 2 aliphatic heterocycles. The minimum absolute atomic E-state index is 0.859. The molecule has 0 spiro atoms. The Balaban J connectivity index is 2.11. The number of hydrogen-bond acceptors (Lipinski definition) is 16. The summed E-state index contributed by atoms with van der Waals surface area (Å²) in [6, 6.07) is 0. The third kappa shape index (κ3) is 5.56. The van der Waals surface area contributed by atoms with Gasteiger partial charge in [0.2, 0.25) is 0 Å². The largest absolute Gasteiger partial charge is 0.394 e. The topological polar surface area (TPSA) is 299 Å². The van der Waals surface area contributed by atoms with Gasteiger partial charge in [0.15, 0.2) is 5.78 Å². The molecular formula is C18H32O16. The van der Waals surface area contributed by atoms with E-state index in [4.69, 9.17) is 14.6 Å². The van der Waals surface area contributed by atoms with E-state index in [2.05, 4.69) is 0 Å². The van der Waals surface area contributed by atoms with E-state index in [9.17, 15) is 66.1 Å². The number of ether oxygens (including phenoxy) is 2. The first-order valence-electron chi connectivity index (χ1n) is 10.3. The zero-order valence-corrected chi connectivity index (χ0v) is 17.6. The van der Waals surface area contributed by atoms with Crippen LogP contribution in [0.4, 0.5) is 0 Å². The van der Waals surface area contributed by atoms with Gasteiger partial charge in [-0.1, -0.05) is 0 Å². The zero-order valence-electron chi connectivity index (χ0n) is 17.6. The Morgan fingerprint density at radius 1 is 0.618 bits per heavy atom. The molecule has 0 saturated carbocycles. The van der Waals surface area contributed by atoms with E-state index >= 15 is 0 Å². The zero-order chi connectivity index (χ0) is 26.1. The Morgan fingerprint density at radius 3 is 1.59 bits per heavy atom. The Hall–Kier alpha value is -0.930. The smallest absolute Gasteiger partial charge is 0.195 e. The second kappa shape index (κ2) is 11.9. The molecule has 0 aliphatic carbocycles. The van der Waals surface area contributed by atoms with Gasteiger partial charge >= 0.3 is 0 Å². The average Bonchev–Trinajstić information content (AvgIpc) is 2.83. The summed E-state index contributed by atoms with van der Waals surface area (Å²) in [6.07, 6.45) is -30.9. The highest BCUT2D eigenvalue weighted by Gasteiger charge is 2.52. The van der Waals surface area contributed by atoms with Crippen molar-refractivity contribution in [1.82, 2.24) is 0 Å². The minimum atomic E-state index is -2.59. The number of ketones is 1. The number of rotatable bonds is 9. The molecule has 34 heavy (non-hydrogen) atoms. The van der Waals surface area contributed by atoms with E-state index in [-0.39, 0.29) is 0 Å². The second-order valence-corrected chi connectivity index (χ2v) is 8.35. The number of carbonyl (C=O) groups is 1. The fraction of sp³-hybridized carbons (Fsp3) is 0.944. The Morgan fingerprint density at radius 2 is 1.09 bits per heavy atom. The van der Waals surface area contributed by atoms with Gasteiger partial charge in [-0.3, -0.25) is 4.79 Å². The fourth-order valence-electron chi connectivity index (χ4n) is 3.87. The maximum Gasteiger partial charge on any atom is 0.195 e. The van der Waals surface area contributed by atoms with Crippen LogP contribution in [0.1, 0.15) is 0 Å². The lowest BCUT2D eigenvalue weighted by Crippen LogP contribution is -2.65. The Kier molecular flexibility index (Phi) is 10.2. The molecule has 16 nitrogen and oxygen atoms in total. The van der Waals surface area contributed by atoms with Crippen molar-refractivity contribution in [3.8, 4) is 0 Å². The first kappa shape index (κ1) is 29.3. The third-order valence-electron chi connectivity index (χ3n) is 6.10. The van der Waals surface area contributed by atoms with Crippen molar-refractivity contribution in [3.63, 3.8) is 0 Å². The highest BCUT2D eigenvalue weighted by molar-refractivity contribution is 5.88. The van der Waals surface area contributed by atoms with E-state index in [1.807, 2.05) is 0 Å². The van der Waals surface area contributed by atoms with Crippen molar-refractivity contribution in [1.29, 1.82) is 0 Å². The van der Waals surface area contributed by atoms with Crippen LogP contribution in [0.2, 0.25) is 0 Å². The van der Waals surface area contributed by atoms with Crippen molar-refractivity contribution < 1.29 is 80.7 Å². The molecule has 0 aromatic rings. The summed E-state index contributed by atoms with van der Waals surface area (Å²) >= 11 is 0. The van der Waals surface area contributed by atoms with Crippen LogP contribution in [-0.2, 0) is 14.3 Å². The number of aliphatic hydroxyl groups excluding tert-OH is 13. The molecule has 0 aromatic carbocycles. The van der Waals surface area contributed by atoms with Gasteiger partial charge < -0.3 is 75.9 Å². The second-order valence-electron chi connectivity index (χ2n) is 8.35. The highest BCUT2D eigenvalue weighted by atomic mass is 16.6. The molecule has 2 aliphatic rings. The molecule has 2 unspecified atom stereocenters. The van der Waals surface area contributed by atoms with Crippen molar-refractivity contribution in [2.45, 2.75) is 91.6 Å².